The van der Waals surface area contributed by atoms with Crippen molar-refractivity contribution in [3.63, 3.8) is 0 Å². The molecule has 0 unspecified atom stereocenters. The molecule has 19 heavy (non-hydrogen) atoms. The minimum absolute atomic E-state index is 0.746. The Labute approximate surface area is 115 Å². The van der Waals surface area contributed by atoms with Gasteiger partial charge in [-0.25, -0.2) is 0 Å². The van der Waals surface area contributed by atoms with Gasteiger partial charge in [-0.1, -0.05) is 45.1 Å². The Balaban J connectivity index is 1.92. The molecule has 0 amide bonds. The summed E-state index contributed by atoms with van der Waals surface area (Å²) in [5, 5.41) is 10.2. The van der Waals surface area contributed by atoms with Crippen LogP contribution in [0.2, 0.25) is 0 Å². The Bertz CT molecular complexity index is 560. The molecule has 0 saturated carbocycles. The molecule has 0 radical (unpaired) electrons. The monoisotopic (exact) mass is 254 g/mol. The predicted molar refractivity (Wildman–Crippen MR) is 80.0 cm³/mol. The zero-order valence-electron chi connectivity index (χ0n) is 11.7. The Hall–Kier alpha value is -1.75. The summed E-state index contributed by atoms with van der Waals surface area (Å²) < 4.78 is 2.27. The van der Waals surface area contributed by atoms with E-state index in [-0.39, 0.29) is 0 Å². The molecule has 0 bridgehead atoms. The highest BCUT2D eigenvalue weighted by Crippen LogP contribution is 2.18. The van der Waals surface area contributed by atoms with Gasteiger partial charge in [0.05, 0.1) is 11.6 Å². The largest absolute Gasteiger partial charge is 0.347 e. The van der Waals surface area contributed by atoms with E-state index in [2.05, 4.69) is 29.8 Å². The molecule has 0 N–H and O–H groups in total. The van der Waals surface area contributed by atoms with Crippen molar-refractivity contribution in [1.29, 1.82) is 5.26 Å². The topological polar surface area (TPSA) is 28.7 Å². The van der Waals surface area contributed by atoms with Crippen LogP contribution in [-0.4, -0.2) is 4.57 Å². The van der Waals surface area contributed by atoms with Crippen molar-refractivity contribution in [3.8, 4) is 6.07 Å². The number of rotatable bonds is 7. The summed E-state index contributed by atoms with van der Waals surface area (Å²) in [6.07, 6.45) is 10.0. The van der Waals surface area contributed by atoms with Gasteiger partial charge in [0, 0.05) is 18.3 Å². The number of benzene rings is 1. The highest BCUT2D eigenvalue weighted by molar-refractivity contribution is 5.81. The Morgan fingerprint density at radius 3 is 2.63 bits per heavy atom. The molecular formula is C17H22N2. The van der Waals surface area contributed by atoms with Gasteiger partial charge in [0.15, 0.2) is 0 Å². The van der Waals surface area contributed by atoms with Crippen molar-refractivity contribution >= 4 is 10.9 Å². The smallest absolute Gasteiger partial charge is 0.0992 e. The fourth-order valence-electron chi connectivity index (χ4n) is 2.51. The Morgan fingerprint density at radius 1 is 1.05 bits per heavy atom. The van der Waals surface area contributed by atoms with E-state index in [9.17, 15) is 0 Å². The van der Waals surface area contributed by atoms with Gasteiger partial charge in [-0.2, -0.15) is 5.26 Å². The summed E-state index contributed by atoms with van der Waals surface area (Å²) in [7, 11) is 0. The fourth-order valence-corrected chi connectivity index (χ4v) is 2.51. The molecule has 0 aliphatic carbocycles. The van der Waals surface area contributed by atoms with Crippen molar-refractivity contribution in [2.75, 3.05) is 0 Å². The average molecular weight is 254 g/mol. The van der Waals surface area contributed by atoms with Crippen molar-refractivity contribution in [2.45, 2.75) is 52.0 Å². The van der Waals surface area contributed by atoms with E-state index in [0.717, 1.165) is 12.1 Å². The second-order valence-corrected chi connectivity index (χ2v) is 5.16. The Kier molecular flexibility index (Phi) is 5.03. The molecule has 2 aromatic rings. The average Bonchev–Trinajstić information content (AvgIpc) is 2.85. The van der Waals surface area contributed by atoms with Crippen LogP contribution in [-0.2, 0) is 6.54 Å². The quantitative estimate of drug-likeness (QED) is 0.648. The highest BCUT2D eigenvalue weighted by Gasteiger charge is 2.02. The summed E-state index contributed by atoms with van der Waals surface area (Å²) in [5.74, 6) is 0. The van der Waals surface area contributed by atoms with Crippen molar-refractivity contribution in [1.82, 2.24) is 4.57 Å². The van der Waals surface area contributed by atoms with E-state index < -0.39 is 0 Å². The molecule has 1 heterocycles. The van der Waals surface area contributed by atoms with Gasteiger partial charge >= 0.3 is 0 Å². The molecule has 0 fully saturated rings. The molecule has 0 saturated heterocycles. The molecular weight excluding hydrogens is 232 g/mol. The maximum Gasteiger partial charge on any atom is 0.0992 e. The maximum absolute atomic E-state index is 8.96. The SMILES string of the molecule is CCCCCCCCn1ccc2ccc(C#N)cc21. The molecule has 0 spiro atoms. The van der Waals surface area contributed by atoms with Gasteiger partial charge in [-0.15, -0.1) is 0 Å². The van der Waals surface area contributed by atoms with Crippen LogP contribution < -0.4 is 0 Å². The van der Waals surface area contributed by atoms with E-state index in [1.165, 1.54) is 49.4 Å². The predicted octanol–water partition coefficient (Wildman–Crippen LogP) is 4.87. The molecule has 2 rings (SSSR count). The van der Waals surface area contributed by atoms with Gasteiger partial charge in [0.1, 0.15) is 0 Å². The minimum atomic E-state index is 0.746. The lowest BCUT2D eigenvalue weighted by atomic mass is 10.1. The molecule has 0 aliphatic rings. The molecule has 100 valence electrons. The first-order valence-electron chi connectivity index (χ1n) is 7.34. The second-order valence-electron chi connectivity index (χ2n) is 5.16. The normalized spacial score (nSPS) is 10.7. The number of aromatic nitrogens is 1. The maximum atomic E-state index is 8.96. The third-order valence-corrected chi connectivity index (χ3v) is 3.66. The van der Waals surface area contributed by atoms with Crippen LogP contribution in [0.1, 0.15) is 51.0 Å². The van der Waals surface area contributed by atoms with Crippen LogP contribution >= 0.6 is 0 Å². The third-order valence-electron chi connectivity index (χ3n) is 3.66. The first-order chi connectivity index (χ1) is 9.35. The Morgan fingerprint density at radius 2 is 1.84 bits per heavy atom. The molecule has 2 nitrogen and oxygen atoms in total. The fraction of sp³-hybridized carbons (Fsp3) is 0.471. The van der Waals surface area contributed by atoms with E-state index in [0.29, 0.717) is 0 Å². The van der Waals surface area contributed by atoms with Crippen LogP contribution in [0, 0.1) is 11.3 Å². The number of hydrogen-bond acceptors (Lipinski definition) is 1. The number of nitrogens with zero attached hydrogens (tertiary/aromatic N) is 2. The standard InChI is InChI=1S/C17H22N2/c1-2-3-4-5-6-7-11-19-12-10-16-9-8-15(14-18)13-17(16)19/h8-10,12-13H,2-7,11H2,1H3. The molecule has 0 aliphatic heterocycles. The van der Waals surface area contributed by atoms with Crippen molar-refractivity contribution in [3.05, 3.63) is 36.0 Å². The van der Waals surface area contributed by atoms with E-state index in [1.807, 2.05) is 18.2 Å². The molecule has 1 aromatic carbocycles. The van der Waals surface area contributed by atoms with Crippen LogP contribution in [0.3, 0.4) is 0 Å². The first kappa shape index (κ1) is 13.7. The van der Waals surface area contributed by atoms with Gasteiger partial charge in [-0.05, 0) is 30.0 Å². The summed E-state index contributed by atoms with van der Waals surface area (Å²) in [6, 6.07) is 10.3. The summed E-state index contributed by atoms with van der Waals surface area (Å²) >= 11 is 0. The van der Waals surface area contributed by atoms with Crippen LogP contribution in [0.15, 0.2) is 30.5 Å². The summed E-state index contributed by atoms with van der Waals surface area (Å²) in [5.41, 5.74) is 1.93. The van der Waals surface area contributed by atoms with Gasteiger partial charge in [0.25, 0.3) is 0 Å². The summed E-state index contributed by atoms with van der Waals surface area (Å²) in [4.78, 5) is 0. The number of aryl methyl sites for hydroxylation is 1. The van der Waals surface area contributed by atoms with Crippen molar-refractivity contribution < 1.29 is 0 Å². The van der Waals surface area contributed by atoms with E-state index >= 15 is 0 Å². The third kappa shape index (κ3) is 3.61. The lowest BCUT2D eigenvalue weighted by Crippen LogP contribution is -1.96. The molecule has 1 aromatic heterocycles. The zero-order chi connectivity index (χ0) is 13.5. The lowest BCUT2D eigenvalue weighted by Gasteiger charge is -2.05. The number of hydrogen-bond donors (Lipinski definition) is 0. The lowest BCUT2D eigenvalue weighted by molar-refractivity contribution is 0.565. The van der Waals surface area contributed by atoms with E-state index in [4.69, 9.17) is 5.26 Å². The summed E-state index contributed by atoms with van der Waals surface area (Å²) in [6.45, 7) is 3.31. The zero-order valence-corrected chi connectivity index (χ0v) is 11.7. The second kappa shape index (κ2) is 6.99. The number of nitriles is 1. The van der Waals surface area contributed by atoms with Gasteiger partial charge < -0.3 is 4.57 Å². The highest BCUT2D eigenvalue weighted by atomic mass is 14.9. The van der Waals surface area contributed by atoms with Crippen LogP contribution in [0.25, 0.3) is 10.9 Å². The van der Waals surface area contributed by atoms with Gasteiger partial charge in [0.2, 0.25) is 0 Å². The number of unbranched alkanes of at least 4 members (excludes halogenated alkanes) is 5. The van der Waals surface area contributed by atoms with Crippen LogP contribution in [0.4, 0.5) is 0 Å². The molecule has 0 atom stereocenters. The van der Waals surface area contributed by atoms with Gasteiger partial charge in [-0.3, -0.25) is 0 Å². The van der Waals surface area contributed by atoms with E-state index in [1.54, 1.807) is 0 Å². The number of fused-ring (bicyclic) bond motifs is 1. The van der Waals surface area contributed by atoms with Crippen molar-refractivity contribution in [2.24, 2.45) is 0 Å². The molecule has 2 heteroatoms. The first-order valence-corrected chi connectivity index (χ1v) is 7.34. The van der Waals surface area contributed by atoms with Crippen LogP contribution in [0.5, 0.6) is 0 Å². The minimum Gasteiger partial charge on any atom is -0.347 e.